The molecule has 0 fully saturated rings. The molecular formula is C10H18N4O2. The molecule has 0 saturated carbocycles. The van der Waals surface area contributed by atoms with Crippen molar-refractivity contribution in [3.05, 3.63) is 11.3 Å². The average Bonchev–Trinajstić information content (AvgIpc) is 2.53. The molecule has 90 valence electrons. The lowest BCUT2D eigenvalue weighted by atomic mass is 10.2. The van der Waals surface area contributed by atoms with Crippen LogP contribution in [-0.4, -0.2) is 27.4 Å². The molecule has 1 rings (SSSR count). The Hall–Kier alpha value is -1.72. The Kier molecular flexibility index (Phi) is 4.16. The van der Waals surface area contributed by atoms with Crippen molar-refractivity contribution in [1.82, 2.24) is 9.78 Å². The van der Waals surface area contributed by atoms with Gasteiger partial charge in [-0.05, 0) is 13.3 Å². The quantitative estimate of drug-likeness (QED) is 0.258. The van der Waals surface area contributed by atoms with Crippen LogP contribution in [0, 0.1) is 6.92 Å². The van der Waals surface area contributed by atoms with Crippen LogP contribution >= 0.6 is 0 Å². The number of ether oxygens (including phenoxy) is 1. The normalized spacial score (nSPS) is 11.8. The van der Waals surface area contributed by atoms with Crippen molar-refractivity contribution in [3.8, 4) is 5.88 Å². The van der Waals surface area contributed by atoms with Gasteiger partial charge in [0.15, 0.2) is 5.84 Å². The van der Waals surface area contributed by atoms with Crippen molar-refractivity contribution in [1.29, 1.82) is 0 Å². The minimum absolute atomic E-state index is 0.0251. The molecule has 0 aliphatic rings. The summed E-state index contributed by atoms with van der Waals surface area (Å²) < 4.78 is 7.18. The van der Waals surface area contributed by atoms with Gasteiger partial charge in [0, 0.05) is 7.05 Å². The number of unbranched alkanes of at least 4 members (excludes halogenated alkanes) is 1. The number of amidine groups is 1. The van der Waals surface area contributed by atoms with E-state index in [0.29, 0.717) is 23.7 Å². The first kappa shape index (κ1) is 12.4. The Morgan fingerprint density at radius 1 is 1.62 bits per heavy atom. The van der Waals surface area contributed by atoms with Gasteiger partial charge in [-0.3, -0.25) is 0 Å². The highest BCUT2D eigenvalue weighted by Crippen LogP contribution is 2.21. The van der Waals surface area contributed by atoms with Crippen molar-refractivity contribution >= 4 is 5.84 Å². The molecule has 0 bridgehead atoms. The van der Waals surface area contributed by atoms with E-state index >= 15 is 0 Å². The van der Waals surface area contributed by atoms with E-state index in [2.05, 4.69) is 17.2 Å². The van der Waals surface area contributed by atoms with Crippen molar-refractivity contribution < 1.29 is 9.94 Å². The molecule has 16 heavy (non-hydrogen) atoms. The third kappa shape index (κ3) is 2.44. The smallest absolute Gasteiger partial charge is 0.223 e. The zero-order chi connectivity index (χ0) is 12.1. The van der Waals surface area contributed by atoms with Crippen LogP contribution in [0.1, 0.15) is 31.0 Å². The number of hydrogen-bond acceptors (Lipinski definition) is 4. The third-order valence-corrected chi connectivity index (χ3v) is 2.27. The lowest BCUT2D eigenvalue weighted by molar-refractivity contribution is 0.282. The highest BCUT2D eigenvalue weighted by Gasteiger charge is 2.18. The summed E-state index contributed by atoms with van der Waals surface area (Å²) in [4.78, 5) is 0. The van der Waals surface area contributed by atoms with E-state index < -0.39 is 0 Å². The Morgan fingerprint density at radius 3 is 2.88 bits per heavy atom. The SMILES string of the molecule is CCCCOc1c(C(N)=NO)c(C)nn1C. The van der Waals surface area contributed by atoms with Crippen LogP contribution in [0.2, 0.25) is 0 Å². The minimum Gasteiger partial charge on any atom is -0.477 e. The molecule has 0 spiro atoms. The number of hydrogen-bond donors (Lipinski definition) is 2. The highest BCUT2D eigenvalue weighted by molar-refractivity contribution is 6.00. The van der Waals surface area contributed by atoms with Gasteiger partial charge in [0.2, 0.25) is 5.88 Å². The number of nitrogens with zero attached hydrogens (tertiary/aromatic N) is 3. The van der Waals surface area contributed by atoms with Crippen molar-refractivity contribution in [3.63, 3.8) is 0 Å². The second-order valence-electron chi connectivity index (χ2n) is 3.58. The monoisotopic (exact) mass is 226 g/mol. The fourth-order valence-corrected chi connectivity index (χ4v) is 1.46. The first-order valence-electron chi connectivity index (χ1n) is 5.26. The molecule has 0 aliphatic carbocycles. The predicted octanol–water partition coefficient (Wildman–Crippen LogP) is 1.00. The highest BCUT2D eigenvalue weighted by atomic mass is 16.5. The zero-order valence-corrected chi connectivity index (χ0v) is 9.90. The summed E-state index contributed by atoms with van der Waals surface area (Å²) in [6.07, 6.45) is 2.01. The fourth-order valence-electron chi connectivity index (χ4n) is 1.46. The number of aromatic nitrogens is 2. The molecule has 6 heteroatoms. The number of nitrogens with two attached hydrogens (primary N) is 1. The van der Waals surface area contributed by atoms with Gasteiger partial charge in [0.05, 0.1) is 12.3 Å². The topological polar surface area (TPSA) is 85.7 Å². The van der Waals surface area contributed by atoms with Gasteiger partial charge >= 0.3 is 0 Å². The predicted molar refractivity (Wildman–Crippen MR) is 60.9 cm³/mol. The Bertz CT molecular complexity index is 384. The van der Waals surface area contributed by atoms with E-state index in [0.717, 1.165) is 12.8 Å². The van der Waals surface area contributed by atoms with E-state index in [-0.39, 0.29) is 5.84 Å². The second kappa shape index (κ2) is 5.39. The average molecular weight is 226 g/mol. The second-order valence-corrected chi connectivity index (χ2v) is 3.58. The van der Waals surface area contributed by atoms with Crippen LogP contribution in [0.15, 0.2) is 5.16 Å². The van der Waals surface area contributed by atoms with E-state index in [1.807, 2.05) is 0 Å². The van der Waals surface area contributed by atoms with Crippen LogP contribution in [0.25, 0.3) is 0 Å². The van der Waals surface area contributed by atoms with Gasteiger partial charge in [0.1, 0.15) is 5.56 Å². The summed E-state index contributed by atoms with van der Waals surface area (Å²) >= 11 is 0. The van der Waals surface area contributed by atoms with Crippen LogP contribution < -0.4 is 10.5 Å². The number of oxime groups is 1. The van der Waals surface area contributed by atoms with E-state index in [1.54, 1.807) is 18.7 Å². The molecule has 0 saturated heterocycles. The molecule has 1 heterocycles. The molecule has 0 aromatic carbocycles. The Balaban J connectivity index is 2.97. The maximum atomic E-state index is 8.69. The van der Waals surface area contributed by atoms with E-state index in [1.165, 1.54) is 0 Å². The largest absolute Gasteiger partial charge is 0.477 e. The van der Waals surface area contributed by atoms with Crippen LogP contribution in [0.5, 0.6) is 5.88 Å². The molecule has 0 amide bonds. The van der Waals surface area contributed by atoms with Gasteiger partial charge in [-0.1, -0.05) is 18.5 Å². The van der Waals surface area contributed by atoms with Crippen molar-refractivity contribution in [2.45, 2.75) is 26.7 Å². The van der Waals surface area contributed by atoms with Crippen LogP contribution in [0.4, 0.5) is 0 Å². The van der Waals surface area contributed by atoms with Gasteiger partial charge in [0.25, 0.3) is 0 Å². The first-order chi connectivity index (χ1) is 7.61. The summed E-state index contributed by atoms with van der Waals surface area (Å²) in [6.45, 7) is 4.48. The van der Waals surface area contributed by atoms with Crippen LogP contribution in [0.3, 0.4) is 0 Å². The fraction of sp³-hybridized carbons (Fsp3) is 0.600. The van der Waals surface area contributed by atoms with Gasteiger partial charge in [-0.25, -0.2) is 4.68 Å². The zero-order valence-electron chi connectivity index (χ0n) is 9.90. The summed E-state index contributed by atoms with van der Waals surface area (Å²) in [6, 6.07) is 0. The lowest BCUT2D eigenvalue weighted by Crippen LogP contribution is -2.16. The Labute approximate surface area is 94.7 Å². The summed E-state index contributed by atoms with van der Waals surface area (Å²) in [5, 5.41) is 15.8. The molecule has 3 N–H and O–H groups in total. The standard InChI is InChI=1S/C10H18N4O2/c1-4-5-6-16-10-8(9(11)13-15)7(2)12-14(10)3/h15H,4-6H2,1-3H3,(H2,11,13). The number of rotatable bonds is 5. The molecular weight excluding hydrogens is 208 g/mol. The summed E-state index contributed by atoms with van der Waals surface area (Å²) in [7, 11) is 1.77. The van der Waals surface area contributed by atoms with Crippen LogP contribution in [-0.2, 0) is 7.05 Å². The molecule has 0 atom stereocenters. The van der Waals surface area contributed by atoms with Crippen molar-refractivity contribution in [2.24, 2.45) is 17.9 Å². The van der Waals surface area contributed by atoms with E-state index in [4.69, 9.17) is 15.7 Å². The summed E-state index contributed by atoms with van der Waals surface area (Å²) in [5.41, 5.74) is 6.82. The minimum atomic E-state index is 0.0251. The third-order valence-electron chi connectivity index (χ3n) is 2.27. The molecule has 6 nitrogen and oxygen atoms in total. The van der Waals surface area contributed by atoms with E-state index in [9.17, 15) is 0 Å². The van der Waals surface area contributed by atoms with Gasteiger partial charge in [-0.2, -0.15) is 5.10 Å². The molecule has 1 aromatic heterocycles. The molecule has 0 aliphatic heterocycles. The number of aryl methyl sites for hydroxylation is 2. The van der Waals surface area contributed by atoms with Gasteiger partial charge in [-0.15, -0.1) is 0 Å². The summed E-state index contributed by atoms with van der Waals surface area (Å²) in [5.74, 6) is 0.568. The van der Waals surface area contributed by atoms with Crippen molar-refractivity contribution in [2.75, 3.05) is 6.61 Å². The molecule has 0 unspecified atom stereocenters. The molecule has 1 aromatic rings. The van der Waals surface area contributed by atoms with Gasteiger partial charge < -0.3 is 15.7 Å². The lowest BCUT2D eigenvalue weighted by Gasteiger charge is -2.07. The molecule has 0 radical (unpaired) electrons. The first-order valence-corrected chi connectivity index (χ1v) is 5.26. The Morgan fingerprint density at radius 2 is 2.31 bits per heavy atom. The maximum absolute atomic E-state index is 8.69. The maximum Gasteiger partial charge on any atom is 0.223 e.